The Bertz CT molecular complexity index is 858. The quantitative estimate of drug-likeness (QED) is 0.396. The van der Waals surface area contributed by atoms with E-state index in [1.807, 2.05) is 12.1 Å². The number of hydrogen-bond acceptors (Lipinski definition) is 2. The molecule has 1 fully saturated rings. The van der Waals surface area contributed by atoms with Crippen LogP contribution < -0.4 is 16.0 Å². The number of benzene rings is 2. The zero-order valence-corrected chi connectivity index (χ0v) is 18.8. The number of rotatable bonds is 8. The third kappa shape index (κ3) is 6.66. The Morgan fingerprint density at radius 1 is 0.966 bits per heavy atom. The van der Waals surface area contributed by atoms with Gasteiger partial charge in [-0.3, -0.25) is 0 Å². The molecule has 8 heteroatoms. The first-order chi connectivity index (χ1) is 13.9. The first-order valence-corrected chi connectivity index (χ1v) is 11.1. The predicted molar refractivity (Wildman–Crippen MR) is 123 cm³/mol. The van der Waals surface area contributed by atoms with Crippen LogP contribution in [0.1, 0.15) is 37.2 Å². The zero-order chi connectivity index (χ0) is 20.8. The summed E-state index contributed by atoms with van der Waals surface area (Å²) in [5.74, 6) is 0.108. The second-order valence-corrected chi connectivity index (χ2v) is 8.83. The summed E-state index contributed by atoms with van der Waals surface area (Å²) in [7, 11) is 0. The lowest BCUT2D eigenvalue weighted by Gasteiger charge is -2.28. The van der Waals surface area contributed by atoms with Crippen LogP contribution in [0.15, 0.2) is 36.4 Å². The van der Waals surface area contributed by atoms with Crippen LogP contribution in [0.25, 0.3) is 0 Å². The van der Waals surface area contributed by atoms with Gasteiger partial charge in [-0.05, 0) is 61.7 Å². The molecule has 2 amide bonds. The van der Waals surface area contributed by atoms with Gasteiger partial charge in [0.1, 0.15) is 0 Å². The van der Waals surface area contributed by atoms with Gasteiger partial charge in [0.25, 0.3) is 0 Å². The van der Waals surface area contributed by atoms with Gasteiger partial charge in [-0.1, -0.05) is 58.9 Å². The maximum absolute atomic E-state index is 12.3. The standard InChI is InChI=1S/C21H23Cl4N3O/c22-17-6-4-13(10-19(17)24)14(8-9-26-15-2-1-3-15)12-27-21(29)28-16-5-7-18(23)20(25)11-16/h4-7,10-11,14-15,26H,1-3,8-9,12H2,(H2,27,28,29). The molecule has 0 aromatic heterocycles. The predicted octanol–water partition coefficient (Wildman–Crippen LogP) is 6.74. The Kier molecular flexibility index (Phi) is 8.34. The highest BCUT2D eigenvalue weighted by Crippen LogP contribution is 2.28. The lowest BCUT2D eigenvalue weighted by atomic mass is 9.92. The third-order valence-electron chi connectivity index (χ3n) is 5.13. The first-order valence-electron chi connectivity index (χ1n) is 9.60. The van der Waals surface area contributed by atoms with Crippen LogP contribution in [0.4, 0.5) is 10.5 Å². The molecule has 2 aromatic rings. The smallest absolute Gasteiger partial charge is 0.319 e. The fraction of sp³-hybridized carbons (Fsp3) is 0.381. The topological polar surface area (TPSA) is 53.2 Å². The van der Waals surface area contributed by atoms with E-state index in [4.69, 9.17) is 46.4 Å². The van der Waals surface area contributed by atoms with Crippen molar-refractivity contribution in [3.63, 3.8) is 0 Å². The molecule has 2 aromatic carbocycles. The van der Waals surface area contributed by atoms with E-state index in [0.717, 1.165) is 18.5 Å². The SMILES string of the molecule is O=C(NCC(CCNC1CCC1)c1ccc(Cl)c(Cl)c1)Nc1ccc(Cl)c(Cl)c1. The minimum absolute atomic E-state index is 0.108. The monoisotopic (exact) mass is 473 g/mol. The number of hydrogen-bond donors (Lipinski definition) is 3. The molecule has 1 aliphatic rings. The minimum atomic E-state index is -0.305. The van der Waals surface area contributed by atoms with Crippen LogP contribution in [-0.2, 0) is 0 Å². The van der Waals surface area contributed by atoms with Gasteiger partial charge >= 0.3 is 6.03 Å². The van der Waals surface area contributed by atoms with E-state index >= 15 is 0 Å². The van der Waals surface area contributed by atoms with E-state index in [1.54, 1.807) is 24.3 Å². The average molecular weight is 475 g/mol. The number of carbonyl (C=O) groups is 1. The molecule has 0 heterocycles. The normalized spacial score (nSPS) is 14.9. The van der Waals surface area contributed by atoms with E-state index in [0.29, 0.717) is 38.4 Å². The Labute approximate surface area is 191 Å². The fourth-order valence-electron chi connectivity index (χ4n) is 3.19. The molecule has 1 saturated carbocycles. The van der Waals surface area contributed by atoms with Crippen LogP contribution in [0.5, 0.6) is 0 Å². The lowest BCUT2D eigenvalue weighted by Crippen LogP contribution is -2.37. The summed E-state index contributed by atoms with van der Waals surface area (Å²) in [5, 5.41) is 11.1. The number of nitrogens with one attached hydrogen (secondary N) is 3. The van der Waals surface area contributed by atoms with Crippen LogP contribution in [0.3, 0.4) is 0 Å². The van der Waals surface area contributed by atoms with Gasteiger partial charge in [0.15, 0.2) is 0 Å². The molecule has 3 N–H and O–H groups in total. The maximum Gasteiger partial charge on any atom is 0.319 e. The van der Waals surface area contributed by atoms with E-state index < -0.39 is 0 Å². The second-order valence-electron chi connectivity index (χ2n) is 7.21. The molecule has 4 nitrogen and oxygen atoms in total. The summed E-state index contributed by atoms with van der Waals surface area (Å²) < 4.78 is 0. The summed E-state index contributed by atoms with van der Waals surface area (Å²) in [5.41, 5.74) is 1.62. The van der Waals surface area contributed by atoms with Gasteiger partial charge in [-0.25, -0.2) is 4.79 Å². The van der Waals surface area contributed by atoms with Gasteiger partial charge in [0.2, 0.25) is 0 Å². The molecule has 0 bridgehead atoms. The molecule has 0 radical (unpaired) electrons. The van der Waals surface area contributed by atoms with Gasteiger partial charge < -0.3 is 16.0 Å². The maximum atomic E-state index is 12.3. The molecule has 29 heavy (non-hydrogen) atoms. The number of amides is 2. The molecule has 156 valence electrons. The Hall–Kier alpha value is -1.17. The second kappa shape index (κ2) is 10.7. The van der Waals surface area contributed by atoms with Crippen molar-refractivity contribution in [1.82, 2.24) is 10.6 Å². The lowest BCUT2D eigenvalue weighted by molar-refractivity contribution is 0.251. The Morgan fingerprint density at radius 2 is 1.66 bits per heavy atom. The summed E-state index contributed by atoms with van der Waals surface area (Å²) in [6.07, 6.45) is 4.65. The summed E-state index contributed by atoms with van der Waals surface area (Å²) in [6.45, 7) is 1.35. The number of anilines is 1. The van der Waals surface area contributed by atoms with Crippen molar-refractivity contribution in [3.8, 4) is 0 Å². The zero-order valence-electron chi connectivity index (χ0n) is 15.8. The first kappa shape index (κ1) is 22.5. The molecule has 0 saturated heterocycles. The van der Waals surface area contributed by atoms with Crippen molar-refractivity contribution in [2.75, 3.05) is 18.4 Å². The molecule has 1 aliphatic carbocycles. The van der Waals surface area contributed by atoms with E-state index in [-0.39, 0.29) is 11.9 Å². The molecule has 1 atom stereocenters. The molecule has 0 aliphatic heterocycles. The largest absolute Gasteiger partial charge is 0.337 e. The van der Waals surface area contributed by atoms with E-state index in [1.165, 1.54) is 19.3 Å². The van der Waals surface area contributed by atoms with Crippen LogP contribution >= 0.6 is 46.4 Å². The summed E-state index contributed by atoms with van der Waals surface area (Å²) in [4.78, 5) is 12.3. The van der Waals surface area contributed by atoms with Crippen molar-refractivity contribution in [2.45, 2.75) is 37.6 Å². The van der Waals surface area contributed by atoms with Crippen LogP contribution in [-0.4, -0.2) is 25.2 Å². The molecular weight excluding hydrogens is 452 g/mol. The number of halogens is 4. The molecular formula is C21H23Cl4N3O. The van der Waals surface area contributed by atoms with Crippen molar-refractivity contribution < 1.29 is 4.79 Å². The van der Waals surface area contributed by atoms with E-state index in [9.17, 15) is 4.79 Å². The van der Waals surface area contributed by atoms with Crippen molar-refractivity contribution in [1.29, 1.82) is 0 Å². The van der Waals surface area contributed by atoms with Gasteiger partial charge in [0.05, 0.1) is 20.1 Å². The molecule has 0 spiro atoms. The van der Waals surface area contributed by atoms with Crippen LogP contribution in [0, 0.1) is 0 Å². The molecule has 1 unspecified atom stereocenters. The van der Waals surface area contributed by atoms with Gasteiger partial charge in [-0.15, -0.1) is 0 Å². The van der Waals surface area contributed by atoms with E-state index in [2.05, 4.69) is 16.0 Å². The third-order valence-corrected chi connectivity index (χ3v) is 6.61. The van der Waals surface area contributed by atoms with Crippen molar-refractivity contribution in [2.24, 2.45) is 0 Å². The Morgan fingerprint density at radius 3 is 2.28 bits per heavy atom. The van der Waals surface area contributed by atoms with Crippen LogP contribution in [0.2, 0.25) is 20.1 Å². The summed E-state index contributed by atoms with van der Waals surface area (Å²) >= 11 is 24.2. The minimum Gasteiger partial charge on any atom is -0.337 e. The van der Waals surface area contributed by atoms with Crippen molar-refractivity contribution >= 4 is 58.1 Å². The Balaban J connectivity index is 1.59. The van der Waals surface area contributed by atoms with Gasteiger partial charge in [-0.2, -0.15) is 0 Å². The van der Waals surface area contributed by atoms with Gasteiger partial charge in [0, 0.05) is 24.2 Å². The highest BCUT2D eigenvalue weighted by Gasteiger charge is 2.19. The molecule has 3 rings (SSSR count). The number of urea groups is 1. The fourth-order valence-corrected chi connectivity index (χ4v) is 3.80. The van der Waals surface area contributed by atoms with Crippen molar-refractivity contribution in [3.05, 3.63) is 62.1 Å². The average Bonchev–Trinajstić information content (AvgIpc) is 2.65. The summed E-state index contributed by atoms with van der Waals surface area (Å²) in [6, 6.07) is 10.9. The highest BCUT2D eigenvalue weighted by atomic mass is 35.5. The number of carbonyl (C=O) groups excluding carboxylic acids is 1. The highest BCUT2D eigenvalue weighted by molar-refractivity contribution is 6.42.